The Labute approximate surface area is 164 Å². The van der Waals surface area contributed by atoms with Gasteiger partial charge < -0.3 is 23.9 Å². The van der Waals surface area contributed by atoms with E-state index in [1.165, 1.54) is 17.6 Å². The van der Waals surface area contributed by atoms with E-state index in [1.807, 2.05) is 24.3 Å². The normalized spacial score (nSPS) is 12.4. The zero-order valence-electron chi connectivity index (χ0n) is 14.8. The first-order valence-corrected chi connectivity index (χ1v) is 9.47. The Morgan fingerprint density at radius 2 is 1.93 bits per heavy atom. The number of hydrogen-bond acceptors (Lipinski definition) is 7. The van der Waals surface area contributed by atoms with Crippen LogP contribution in [-0.4, -0.2) is 31.7 Å². The topological polar surface area (TPSA) is 87.0 Å². The lowest BCUT2D eigenvalue weighted by Crippen LogP contribution is -2.28. The van der Waals surface area contributed by atoms with Crippen molar-refractivity contribution in [3.05, 3.63) is 59.4 Å². The molecule has 7 nitrogen and oxygen atoms in total. The van der Waals surface area contributed by atoms with E-state index < -0.39 is 11.9 Å². The third kappa shape index (κ3) is 4.17. The number of nitrogens with one attached hydrogen (secondary N) is 1. The summed E-state index contributed by atoms with van der Waals surface area (Å²) in [6.45, 7) is 0.949. The molecule has 0 bridgehead atoms. The number of amides is 1. The van der Waals surface area contributed by atoms with Crippen molar-refractivity contribution in [1.29, 1.82) is 0 Å². The third-order valence-corrected chi connectivity index (χ3v) is 5.12. The number of carbonyl (C=O) groups excluding carboxylic acids is 2. The number of ether oxygens (including phenoxy) is 3. The van der Waals surface area contributed by atoms with Crippen LogP contribution in [0.25, 0.3) is 10.4 Å². The van der Waals surface area contributed by atoms with E-state index in [0.717, 1.165) is 10.4 Å². The van der Waals surface area contributed by atoms with Crippen LogP contribution >= 0.6 is 11.3 Å². The van der Waals surface area contributed by atoms with Gasteiger partial charge in [0.15, 0.2) is 18.1 Å². The Hall–Kier alpha value is -3.26. The summed E-state index contributed by atoms with van der Waals surface area (Å²) < 4.78 is 21.3. The summed E-state index contributed by atoms with van der Waals surface area (Å²) in [6, 6.07) is 12.7. The lowest BCUT2D eigenvalue weighted by Gasteiger charge is -2.18. The molecule has 4 rings (SSSR count). The van der Waals surface area contributed by atoms with Gasteiger partial charge in [0.2, 0.25) is 0 Å². The lowest BCUT2D eigenvalue weighted by molar-refractivity contribution is -0.124. The number of rotatable bonds is 6. The van der Waals surface area contributed by atoms with Gasteiger partial charge in [-0.1, -0.05) is 0 Å². The van der Waals surface area contributed by atoms with E-state index in [2.05, 4.69) is 5.32 Å². The summed E-state index contributed by atoms with van der Waals surface area (Å²) in [5, 5.41) is 2.62. The molecule has 0 radical (unpaired) electrons. The third-order valence-electron chi connectivity index (χ3n) is 4.01. The summed E-state index contributed by atoms with van der Waals surface area (Å²) in [7, 11) is 0. The van der Waals surface area contributed by atoms with Gasteiger partial charge in [-0.3, -0.25) is 4.79 Å². The molecule has 0 atom stereocenters. The molecule has 144 valence electrons. The number of fused-ring (bicyclic) bond motifs is 1. The highest BCUT2D eigenvalue weighted by molar-refractivity contribution is 7.17. The number of furan rings is 1. The molecule has 0 spiro atoms. The zero-order valence-corrected chi connectivity index (χ0v) is 15.6. The van der Waals surface area contributed by atoms with Crippen LogP contribution in [0.4, 0.5) is 0 Å². The van der Waals surface area contributed by atoms with E-state index in [-0.39, 0.29) is 13.2 Å². The molecular formula is C20H17NO6S. The number of benzene rings is 1. The smallest absolute Gasteiger partial charge is 0.348 e. The molecule has 0 saturated heterocycles. The molecule has 0 unspecified atom stereocenters. The maximum Gasteiger partial charge on any atom is 0.348 e. The highest BCUT2D eigenvalue weighted by atomic mass is 32.1. The number of thiophene rings is 1. The molecule has 1 aliphatic rings. The van der Waals surface area contributed by atoms with Crippen LogP contribution in [0.1, 0.15) is 15.4 Å². The van der Waals surface area contributed by atoms with Gasteiger partial charge in [0.25, 0.3) is 5.91 Å². The van der Waals surface area contributed by atoms with E-state index in [4.69, 9.17) is 18.6 Å². The van der Waals surface area contributed by atoms with Gasteiger partial charge >= 0.3 is 5.97 Å². The average molecular weight is 399 g/mol. The molecule has 3 aromatic rings. The van der Waals surface area contributed by atoms with Crippen LogP contribution in [0.2, 0.25) is 0 Å². The molecule has 2 aromatic heterocycles. The van der Waals surface area contributed by atoms with Crippen molar-refractivity contribution in [3.8, 4) is 21.9 Å². The maximum absolute atomic E-state index is 12.2. The Morgan fingerprint density at radius 3 is 2.75 bits per heavy atom. The van der Waals surface area contributed by atoms with Crippen molar-refractivity contribution in [3.63, 3.8) is 0 Å². The van der Waals surface area contributed by atoms with Crippen molar-refractivity contribution in [2.75, 3.05) is 19.8 Å². The van der Waals surface area contributed by atoms with Gasteiger partial charge in [-0.25, -0.2) is 4.79 Å². The van der Waals surface area contributed by atoms with Gasteiger partial charge in [-0.15, -0.1) is 11.3 Å². The first kappa shape index (κ1) is 18.1. The summed E-state index contributed by atoms with van der Waals surface area (Å²) >= 11 is 1.29. The highest BCUT2D eigenvalue weighted by Crippen LogP contribution is 2.37. The molecule has 1 aliphatic heterocycles. The SMILES string of the molecule is O=C(COC(=O)c1ccc(-c2ccc3c(c2)OCCO3)s1)NCc1ccco1. The lowest BCUT2D eigenvalue weighted by atomic mass is 10.1. The molecule has 1 aromatic carbocycles. The van der Waals surface area contributed by atoms with Crippen molar-refractivity contribution in [1.82, 2.24) is 5.32 Å². The summed E-state index contributed by atoms with van der Waals surface area (Å²) in [5.74, 6) is 1.10. The van der Waals surface area contributed by atoms with Crippen molar-refractivity contribution in [2.24, 2.45) is 0 Å². The van der Waals surface area contributed by atoms with E-state index >= 15 is 0 Å². The van der Waals surface area contributed by atoms with Crippen LogP contribution in [0.15, 0.2) is 53.1 Å². The quantitative estimate of drug-likeness (QED) is 0.641. The monoisotopic (exact) mass is 399 g/mol. The molecule has 0 saturated carbocycles. The van der Waals surface area contributed by atoms with Crippen molar-refractivity contribution in [2.45, 2.75) is 6.54 Å². The van der Waals surface area contributed by atoms with Crippen molar-refractivity contribution >= 4 is 23.2 Å². The highest BCUT2D eigenvalue weighted by Gasteiger charge is 2.16. The molecule has 8 heteroatoms. The Kier molecular flexibility index (Phi) is 5.29. The zero-order chi connectivity index (χ0) is 19.3. The van der Waals surface area contributed by atoms with Crippen LogP contribution in [-0.2, 0) is 16.1 Å². The van der Waals surface area contributed by atoms with E-state index in [1.54, 1.807) is 18.2 Å². The second kappa shape index (κ2) is 8.18. The number of esters is 1. The van der Waals surface area contributed by atoms with Crippen LogP contribution in [0, 0.1) is 0 Å². The van der Waals surface area contributed by atoms with Gasteiger partial charge in [-0.05, 0) is 48.0 Å². The predicted octanol–water partition coefficient (Wildman–Crippen LogP) is 3.25. The Morgan fingerprint density at radius 1 is 1.07 bits per heavy atom. The molecule has 3 heterocycles. The second-order valence-electron chi connectivity index (χ2n) is 5.95. The van der Waals surface area contributed by atoms with E-state index in [9.17, 15) is 9.59 Å². The van der Waals surface area contributed by atoms with Gasteiger partial charge in [-0.2, -0.15) is 0 Å². The molecule has 28 heavy (non-hydrogen) atoms. The van der Waals surface area contributed by atoms with Crippen molar-refractivity contribution < 1.29 is 28.2 Å². The molecule has 1 N–H and O–H groups in total. The van der Waals surface area contributed by atoms with Crippen LogP contribution < -0.4 is 14.8 Å². The molecule has 1 amide bonds. The fraction of sp³-hybridized carbons (Fsp3) is 0.200. The Balaban J connectivity index is 1.33. The second-order valence-corrected chi connectivity index (χ2v) is 7.04. The molecule has 0 fully saturated rings. The summed E-state index contributed by atoms with van der Waals surface area (Å²) in [5.41, 5.74) is 0.921. The fourth-order valence-electron chi connectivity index (χ4n) is 2.65. The summed E-state index contributed by atoms with van der Waals surface area (Å²) in [6.07, 6.45) is 1.53. The first-order chi connectivity index (χ1) is 13.7. The number of carbonyl (C=O) groups is 2. The van der Waals surface area contributed by atoms with Gasteiger partial charge in [0.1, 0.15) is 23.9 Å². The first-order valence-electron chi connectivity index (χ1n) is 8.65. The largest absolute Gasteiger partial charge is 0.486 e. The minimum atomic E-state index is -0.540. The maximum atomic E-state index is 12.2. The standard InChI is InChI=1S/C20H17NO6S/c22-19(21-11-14-2-1-7-24-14)12-27-20(23)18-6-5-17(28-18)13-3-4-15-16(10-13)26-9-8-25-15/h1-7,10H,8-9,11-12H2,(H,21,22). The minimum Gasteiger partial charge on any atom is -0.486 e. The number of hydrogen-bond donors (Lipinski definition) is 1. The fourth-order valence-corrected chi connectivity index (χ4v) is 3.55. The average Bonchev–Trinajstić information content (AvgIpc) is 3.42. The van der Waals surface area contributed by atoms with Gasteiger partial charge in [0.05, 0.1) is 12.8 Å². The molecular weight excluding hydrogens is 382 g/mol. The van der Waals surface area contributed by atoms with Crippen LogP contribution in [0.5, 0.6) is 11.5 Å². The molecule has 0 aliphatic carbocycles. The van der Waals surface area contributed by atoms with Gasteiger partial charge in [0, 0.05) is 4.88 Å². The summed E-state index contributed by atoms with van der Waals surface area (Å²) in [4.78, 5) is 25.3. The van der Waals surface area contributed by atoms with E-state index in [0.29, 0.717) is 35.4 Å². The predicted molar refractivity (Wildman–Crippen MR) is 102 cm³/mol. The van der Waals surface area contributed by atoms with Crippen LogP contribution in [0.3, 0.4) is 0 Å². The minimum absolute atomic E-state index is 0.247. The Bertz CT molecular complexity index is 979.